The molecule has 1 N–H and O–H groups in total. The smallest absolute Gasteiger partial charge is 0.173 e. The molecule has 0 aliphatic heterocycles. The molecule has 0 amide bonds. The fraction of sp³-hybridized carbons (Fsp3) is 0.400. The predicted octanol–water partition coefficient (Wildman–Crippen LogP) is 6.82. The van der Waals surface area contributed by atoms with E-state index in [1.165, 1.54) is 59.9 Å². The number of thioether (sulfide) groups is 1. The van der Waals surface area contributed by atoms with Crippen molar-refractivity contribution >= 4 is 45.7 Å². The number of rotatable bonds is 5. The highest BCUT2D eigenvalue weighted by Crippen LogP contribution is 2.28. The third-order valence-corrected chi connectivity index (χ3v) is 7.23. The number of hydrogen-bond acceptors (Lipinski definition) is 2. The van der Waals surface area contributed by atoms with Crippen molar-refractivity contribution in [3.8, 4) is 0 Å². The van der Waals surface area contributed by atoms with Crippen molar-refractivity contribution in [2.45, 2.75) is 56.0 Å². The van der Waals surface area contributed by atoms with E-state index in [9.17, 15) is 0 Å². The van der Waals surface area contributed by atoms with Crippen molar-refractivity contribution in [3.05, 3.63) is 60.3 Å². The van der Waals surface area contributed by atoms with Crippen LogP contribution in [0.25, 0.3) is 10.9 Å². The SMILES string of the molecule is CSc1cccc(NC(=S)N(Cc2cn(C)c3ccccc23)C2CCCCCC2)c1. The van der Waals surface area contributed by atoms with Crippen LogP contribution in [0.3, 0.4) is 0 Å². The molecule has 0 atom stereocenters. The molecule has 2 aromatic carbocycles. The average molecular weight is 438 g/mol. The van der Waals surface area contributed by atoms with Crippen LogP contribution in [0.1, 0.15) is 44.1 Å². The third kappa shape index (κ3) is 4.84. The molecule has 4 rings (SSSR count). The van der Waals surface area contributed by atoms with Gasteiger partial charge >= 0.3 is 0 Å². The predicted molar refractivity (Wildman–Crippen MR) is 134 cm³/mol. The topological polar surface area (TPSA) is 20.2 Å². The van der Waals surface area contributed by atoms with Gasteiger partial charge in [0.15, 0.2) is 5.11 Å². The van der Waals surface area contributed by atoms with Crippen LogP contribution in [0.4, 0.5) is 5.69 Å². The van der Waals surface area contributed by atoms with Gasteiger partial charge in [-0.15, -0.1) is 11.8 Å². The first-order chi connectivity index (χ1) is 14.7. The molecule has 0 saturated heterocycles. The van der Waals surface area contributed by atoms with Crippen molar-refractivity contribution in [2.75, 3.05) is 11.6 Å². The standard InChI is InChI=1S/C25H31N3S2/c1-27-17-19(23-14-7-8-15-24(23)27)18-28(21-11-5-3-4-6-12-21)25(29)26-20-10-9-13-22(16-20)30-2/h7-10,13-17,21H,3-6,11-12,18H2,1-2H3,(H,26,29). The van der Waals surface area contributed by atoms with Crippen LogP contribution in [-0.4, -0.2) is 26.9 Å². The second kappa shape index (κ2) is 9.88. The lowest BCUT2D eigenvalue weighted by Crippen LogP contribution is -2.42. The molecule has 0 unspecified atom stereocenters. The number of nitrogens with one attached hydrogen (secondary N) is 1. The summed E-state index contributed by atoms with van der Waals surface area (Å²) in [5.74, 6) is 0. The highest BCUT2D eigenvalue weighted by Gasteiger charge is 2.24. The molecule has 0 bridgehead atoms. The number of aromatic nitrogens is 1. The van der Waals surface area contributed by atoms with E-state index >= 15 is 0 Å². The van der Waals surface area contributed by atoms with Crippen LogP contribution < -0.4 is 5.32 Å². The Balaban J connectivity index is 1.62. The van der Waals surface area contributed by atoms with E-state index in [2.05, 4.69) is 82.8 Å². The maximum Gasteiger partial charge on any atom is 0.173 e. The number of fused-ring (bicyclic) bond motifs is 1. The first-order valence-electron chi connectivity index (χ1n) is 10.9. The van der Waals surface area contributed by atoms with Gasteiger partial charge in [0, 0.05) is 47.3 Å². The number of hydrogen-bond donors (Lipinski definition) is 1. The fourth-order valence-corrected chi connectivity index (χ4v) is 5.36. The Morgan fingerprint density at radius 2 is 1.87 bits per heavy atom. The van der Waals surface area contributed by atoms with Gasteiger partial charge in [0.1, 0.15) is 0 Å². The molecular weight excluding hydrogens is 406 g/mol. The molecular formula is C25H31N3S2. The minimum absolute atomic E-state index is 0.496. The van der Waals surface area contributed by atoms with E-state index in [0.717, 1.165) is 17.3 Å². The normalized spacial score (nSPS) is 15.1. The molecule has 1 aliphatic rings. The van der Waals surface area contributed by atoms with Gasteiger partial charge in [-0.25, -0.2) is 0 Å². The van der Waals surface area contributed by atoms with Gasteiger partial charge in [-0.05, 0) is 61.1 Å². The first-order valence-corrected chi connectivity index (χ1v) is 12.5. The van der Waals surface area contributed by atoms with E-state index in [1.54, 1.807) is 11.8 Å². The second-order valence-corrected chi connectivity index (χ2v) is 9.48. The molecule has 1 aliphatic carbocycles. The molecule has 0 spiro atoms. The number of thiocarbonyl (C=S) groups is 1. The van der Waals surface area contributed by atoms with Gasteiger partial charge in [0.2, 0.25) is 0 Å². The molecule has 3 nitrogen and oxygen atoms in total. The van der Waals surface area contributed by atoms with Gasteiger partial charge in [0.25, 0.3) is 0 Å². The number of benzene rings is 2. The summed E-state index contributed by atoms with van der Waals surface area (Å²) in [4.78, 5) is 3.70. The summed E-state index contributed by atoms with van der Waals surface area (Å²) in [7, 11) is 2.13. The maximum absolute atomic E-state index is 5.99. The van der Waals surface area contributed by atoms with Crippen LogP contribution in [0.15, 0.2) is 59.6 Å². The van der Waals surface area contributed by atoms with Crippen LogP contribution in [-0.2, 0) is 13.6 Å². The highest BCUT2D eigenvalue weighted by molar-refractivity contribution is 7.98. The molecule has 5 heteroatoms. The summed E-state index contributed by atoms with van der Waals surface area (Å²) in [6.45, 7) is 0.847. The number of para-hydroxylation sites is 1. The maximum atomic E-state index is 5.99. The van der Waals surface area contributed by atoms with Gasteiger partial charge in [0.05, 0.1) is 0 Å². The van der Waals surface area contributed by atoms with Crippen molar-refractivity contribution in [1.82, 2.24) is 9.47 Å². The molecule has 30 heavy (non-hydrogen) atoms. The van der Waals surface area contributed by atoms with Crippen LogP contribution in [0, 0.1) is 0 Å². The Morgan fingerprint density at radius 3 is 2.63 bits per heavy atom. The summed E-state index contributed by atoms with van der Waals surface area (Å²) >= 11 is 7.75. The van der Waals surface area contributed by atoms with E-state index in [-0.39, 0.29) is 0 Å². The second-order valence-electron chi connectivity index (χ2n) is 8.22. The van der Waals surface area contributed by atoms with E-state index < -0.39 is 0 Å². The summed E-state index contributed by atoms with van der Waals surface area (Å²) in [6.07, 6.45) is 12.1. The Kier molecular flexibility index (Phi) is 7.00. The number of anilines is 1. The molecule has 0 radical (unpaired) electrons. The Bertz CT molecular complexity index is 1000. The average Bonchev–Trinajstić information content (AvgIpc) is 2.93. The van der Waals surface area contributed by atoms with Crippen LogP contribution >= 0.6 is 24.0 Å². The van der Waals surface area contributed by atoms with Crippen LogP contribution in [0.5, 0.6) is 0 Å². The first kappa shape index (κ1) is 21.3. The molecule has 1 fully saturated rings. The number of nitrogens with zero attached hydrogens (tertiary/aromatic N) is 2. The van der Waals surface area contributed by atoms with Gasteiger partial charge in [-0.3, -0.25) is 0 Å². The van der Waals surface area contributed by atoms with E-state index in [4.69, 9.17) is 12.2 Å². The zero-order chi connectivity index (χ0) is 20.9. The molecule has 1 aromatic heterocycles. The fourth-order valence-electron chi connectivity index (χ4n) is 4.57. The summed E-state index contributed by atoms with van der Waals surface area (Å²) in [6, 6.07) is 17.7. The Morgan fingerprint density at radius 1 is 1.10 bits per heavy atom. The number of aryl methyl sites for hydroxylation is 1. The van der Waals surface area contributed by atoms with Gasteiger partial charge in [-0.1, -0.05) is 49.9 Å². The summed E-state index contributed by atoms with van der Waals surface area (Å²) in [5.41, 5.74) is 3.70. The third-order valence-electron chi connectivity index (χ3n) is 6.17. The van der Waals surface area contributed by atoms with Crippen LogP contribution in [0.2, 0.25) is 0 Å². The highest BCUT2D eigenvalue weighted by atomic mass is 32.2. The molecule has 3 aromatic rings. The molecule has 1 saturated carbocycles. The zero-order valence-corrected chi connectivity index (χ0v) is 19.6. The van der Waals surface area contributed by atoms with E-state index in [0.29, 0.717) is 6.04 Å². The quantitative estimate of drug-likeness (QED) is 0.268. The summed E-state index contributed by atoms with van der Waals surface area (Å²) in [5, 5.41) is 5.71. The molecule has 158 valence electrons. The summed E-state index contributed by atoms with van der Waals surface area (Å²) < 4.78 is 2.23. The van der Waals surface area contributed by atoms with Crippen molar-refractivity contribution in [3.63, 3.8) is 0 Å². The Hall–Kier alpha value is -1.98. The van der Waals surface area contributed by atoms with Gasteiger partial charge in [-0.2, -0.15) is 0 Å². The lowest BCUT2D eigenvalue weighted by Gasteiger charge is -2.34. The zero-order valence-electron chi connectivity index (χ0n) is 17.9. The van der Waals surface area contributed by atoms with Crippen molar-refractivity contribution < 1.29 is 0 Å². The molecule has 1 heterocycles. The van der Waals surface area contributed by atoms with E-state index in [1.807, 2.05) is 0 Å². The lowest BCUT2D eigenvalue weighted by atomic mass is 10.1. The van der Waals surface area contributed by atoms with Gasteiger partial charge < -0.3 is 14.8 Å². The van der Waals surface area contributed by atoms with Crippen molar-refractivity contribution in [2.24, 2.45) is 7.05 Å². The Labute approximate surface area is 189 Å². The monoisotopic (exact) mass is 437 g/mol. The lowest BCUT2D eigenvalue weighted by molar-refractivity contribution is 0.281. The minimum atomic E-state index is 0.496. The minimum Gasteiger partial charge on any atom is -0.350 e. The van der Waals surface area contributed by atoms with Crippen molar-refractivity contribution in [1.29, 1.82) is 0 Å². The largest absolute Gasteiger partial charge is 0.350 e.